The van der Waals surface area contributed by atoms with Crippen LogP contribution in [0.15, 0.2) is 24.5 Å². The monoisotopic (exact) mass is 391 g/mol. The first-order chi connectivity index (χ1) is 13.1. The molecule has 1 saturated heterocycles. The number of pyridine rings is 1. The lowest BCUT2D eigenvalue weighted by molar-refractivity contribution is -0.389. The van der Waals surface area contributed by atoms with E-state index in [4.69, 9.17) is 9.47 Å². The molecule has 4 heterocycles. The van der Waals surface area contributed by atoms with Crippen LogP contribution >= 0.6 is 11.8 Å². The average molecular weight is 391 g/mol. The Morgan fingerprint density at radius 1 is 1.44 bits per heavy atom. The predicted octanol–water partition coefficient (Wildman–Crippen LogP) is 1.24. The number of anilines is 1. The Morgan fingerprint density at radius 3 is 3.07 bits per heavy atom. The number of rotatable bonds is 5. The van der Waals surface area contributed by atoms with Gasteiger partial charge in [-0.1, -0.05) is 6.07 Å². The van der Waals surface area contributed by atoms with Gasteiger partial charge in [-0.05, 0) is 16.6 Å². The lowest BCUT2D eigenvalue weighted by Crippen LogP contribution is -2.38. The molecular formula is C16H17N5O5S. The van der Waals surface area contributed by atoms with Gasteiger partial charge in [0.05, 0.1) is 18.9 Å². The van der Waals surface area contributed by atoms with Gasteiger partial charge in [0, 0.05) is 23.5 Å². The molecule has 10 nitrogen and oxygen atoms in total. The third kappa shape index (κ3) is 3.88. The van der Waals surface area contributed by atoms with E-state index >= 15 is 0 Å². The first kappa shape index (κ1) is 17.7. The van der Waals surface area contributed by atoms with Crippen LogP contribution in [-0.4, -0.2) is 56.1 Å². The summed E-state index contributed by atoms with van der Waals surface area (Å²) in [4.78, 5) is 32.0. The van der Waals surface area contributed by atoms with E-state index in [1.54, 1.807) is 27.4 Å². The van der Waals surface area contributed by atoms with Crippen LogP contribution in [0.1, 0.15) is 5.56 Å². The van der Waals surface area contributed by atoms with Crippen molar-refractivity contribution in [1.29, 1.82) is 0 Å². The largest absolute Gasteiger partial charge is 0.443 e. The van der Waals surface area contributed by atoms with Crippen molar-refractivity contribution in [2.24, 2.45) is 0 Å². The first-order valence-corrected chi connectivity index (χ1v) is 9.54. The number of hydrogen-bond donors (Lipinski definition) is 0. The number of aromatic nitrogens is 3. The minimum atomic E-state index is -0.552. The van der Waals surface area contributed by atoms with Crippen molar-refractivity contribution in [2.45, 2.75) is 19.3 Å². The van der Waals surface area contributed by atoms with Crippen LogP contribution in [-0.2, 0) is 22.7 Å². The van der Waals surface area contributed by atoms with E-state index in [1.165, 1.54) is 6.20 Å². The molecule has 4 rings (SSSR count). The Balaban J connectivity index is 1.33. The van der Waals surface area contributed by atoms with Crippen molar-refractivity contribution < 1.29 is 19.2 Å². The topological polar surface area (TPSA) is 113 Å². The smallest absolute Gasteiger partial charge is 0.414 e. The number of nitro groups is 1. The molecule has 1 fully saturated rings. The molecule has 142 valence electrons. The van der Waals surface area contributed by atoms with Crippen molar-refractivity contribution in [2.75, 3.05) is 29.6 Å². The number of hydrogen-bond acceptors (Lipinski definition) is 8. The maximum absolute atomic E-state index is 11.9. The lowest BCUT2D eigenvalue weighted by Gasteiger charge is -2.25. The lowest BCUT2D eigenvalue weighted by atomic mass is 10.2. The highest BCUT2D eigenvalue weighted by Gasteiger charge is 2.28. The fraction of sp³-hybridized carbons (Fsp3) is 0.438. The van der Waals surface area contributed by atoms with E-state index in [0.29, 0.717) is 31.3 Å². The van der Waals surface area contributed by atoms with Crippen LogP contribution in [0.25, 0.3) is 0 Å². The second-order valence-electron chi connectivity index (χ2n) is 6.16. The summed E-state index contributed by atoms with van der Waals surface area (Å²) in [6.45, 7) is 1.71. The van der Waals surface area contributed by atoms with Crippen LogP contribution in [0.2, 0.25) is 0 Å². The van der Waals surface area contributed by atoms with E-state index in [1.807, 2.05) is 12.1 Å². The normalized spacial score (nSPS) is 19.5. The Kier molecular flexibility index (Phi) is 4.94. The van der Waals surface area contributed by atoms with Crippen LogP contribution in [0.5, 0.6) is 6.01 Å². The maximum atomic E-state index is 11.9. The Labute approximate surface area is 158 Å². The molecule has 1 atom stereocenters. The Hall–Kier alpha value is -2.66. The second-order valence-corrected chi connectivity index (χ2v) is 7.26. The minimum absolute atomic E-state index is 0.0762. The van der Waals surface area contributed by atoms with Crippen LogP contribution in [0, 0.1) is 10.1 Å². The number of thioether (sulfide) groups is 1. The summed E-state index contributed by atoms with van der Waals surface area (Å²) in [6.07, 6.45) is 2.79. The third-order valence-electron chi connectivity index (χ3n) is 4.27. The number of imidazole rings is 1. The summed E-state index contributed by atoms with van der Waals surface area (Å²) in [5, 5.41) is 10.8. The van der Waals surface area contributed by atoms with Crippen molar-refractivity contribution in [3.8, 4) is 6.01 Å². The molecule has 2 aromatic heterocycles. The zero-order chi connectivity index (χ0) is 18.8. The van der Waals surface area contributed by atoms with Gasteiger partial charge in [-0.3, -0.25) is 14.3 Å². The van der Waals surface area contributed by atoms with Gasteiger partial charge in [0.2, 0.25) is 5.91 Å². The molecule has 0 unspecified atom stereocenters. The van der Waals surface area contributed by atoms with Gasteiger partial charge < -0.3 is 19.6 Å². The highest BCUT2D eigenvalue weighted by molar-refractivity contribution is 8.00. The molecule has 0 radical (unpaired) electrons. The fourth-order valence-electron chi connectivity index (χ4n) is 2.90. The molecule has 0 saturated carbocycles. The van der Waals surface area contributed by atoms with Gasteiger partial charge in [0.25, 0.3) is 0 Å². The maximum Gasteiger partial charge on any atom is 0.414 e. The molecular weight excluding hydrogens is 374 g/mol. The van der Waals surface area contributed by atoms with Crippen molar-refractivity contribution in [3.05, 3.63) is 40.2 Å². The van der Waals surface area contributed by atoms with Crippen LogP contribution in [0.4, 0.5) is 11.6 Å². The molecule has 0 N–H and O–H groups in total. The summed E-state index contributed by atoms with van der Waals surface area (Å²) >= 11 is 1.63. The van der Waals surface area contributed by atoms with Gasteiger partial charge in [-0.25, -0.2) is 4.98 Å². The molecule has 2 aliphatic rings. The second kappa shape index (κ2) is 7.53. The van der Waals surface area contributed by atoms with Gasteiger partial charge in [-0.2, -0.15) is 11.8 Å². The molecule has 0 aliphatic carbocycles. The molecule has 1 amide bonds. The molecule has 0 spiro atoms. The molecule has 2 aliphatic heterocycles. The number of nitrogens with zero attached hydrogens (tertiary/aromatic N) is 5. The minimum Gasteiger partial charge on any atom is -0.443 e. The average Bonchev–Trinajstić information content (AvgIpc) is 3.11. The SMILES string of the molecule is O=C1CSCCN1c1ccc(CO[C@@H]2COc3nc([N+](=O)[O-])cn3C2)cn1. The molecule has 11 heteroatoms. The highest BCUT2D eigenvalue weighted by atomic mass is 32.2. The predicted molar refractivity (Wildman–Crippen MR) is 96.9 cm³/mol. The highest BCUT2D eigenvalue weighted by Crippen LogP contribution is 2.23. The molecule has 2 aromatic rings. The zero-order valence-electron chi connectivity index (χ0n) is 14.3. The number of ether oxygens (including phenoxy) is 2. The van der Waals surface area contributed by atoms with E-state index in [9.17, 15) is 14.9 Å². The first-order valence-electron chi connectivity index (χ1n) is 8.39. The Morgan fingerprint density at radius 2 is 2.33 bits per heavy atom. The van der Waals surface area contributed by atoms with E-state index in [0.717, 1.165) is 11.3 Å². The van der Waals surface area contributed by atoms with Gasteiger partial charge in [-0.15, -0.1) is 0 Å². The van der Waals surface area contributed by atoms with Gasteiger partial charge in [0.1, 0.15) is 24.7 Å². The van der Waals surface area contributed by atoms with Crippen molar-refractivity contribution in [1.82, 2.24) is 14.5 Å². The number of amides is 1. The van der Waals surface area contributed by atoms with Gasteiger partial charge >= 0.3 is 11.8 Å². The number of carbonyl (C=O) groups is 1. The summed E-state index contributed by atoms with van der Waals surface area (Å²) in [5.74, 6) is 1.89. The summed E-state index contributed by atoms with van der Waals surface area (Å²) < 4.78 is 12.8. The summed E-state index contributed by atoms with van der Waals surface area (Å²) in [7, 11) is 0. The standard InChI is InChI=1S/C16H17N5O5S/c22-15-10-27-4-3-20(15)13-2-1-11(5-17-13)8-25-12-6-19-7-14(21(23)24)18-16(19)26-9-12/h1-2,5,7,12H,3-4,6,8-10H2/t12-/m0/s1. The van der Waals surface area contributed by atoms with Crippen molar-refractivity contribution >= 4 is 29.3 Å². The van der Waals surface area contributed by atoms with Crippen LogP contribution < -0.4 is 9.64 Å². The quantitative estimate of drug-likeness (QED) is 0.553. The summed E-state index contributed by atoms with van der Waals surface area (Å²) in [5.41, 5.74) is 0.875. The third-order valence-corrected chi connectivity index (χ3v) is 5.19. The van der Waals surface area contributed by atoms with E-state index < -0.39 is 4.92 Å². The number of fused-ring (bicyclic) bond motifs is 1. The molecule has 0 aromatic carbocycles. The Bertz CT molecular complexity index is 855. The molecule has 0 bridgehead atoms. The van der Waals surface area contributed by atoms with Gasteiger partial charge in [0.15, 0.2) is 0 Å². The summed E-state index contributed by atoms with van der Waals surface area (Å²) in [6, 6.07) is 3.94. The molecule has 27 heavy (non-hydrogen) atoms. The zero-order valence-corrected chi connectivity index (χ0v) is 15.1. The van der Waals surface area contributed by atoms with E-state index in [-0.39, 0.29) is 30.4 Å². The van der Waals surface area contributed by atoms with Crippen molar-refractivity contribution in [3.63, 3.8) is 0 Å². The van der Waals surface area contributed by atoms with Crippen LogP contribution in [0.3, 0.4) is 0 Å². The number of carbonyl (C=O) groups excluding carboxylic acids is 1. The fourth-order valence-corrected chi connectivity index (χ4v) is 3.68. The van der Waals surface area contributed by atoms with E-state index in [2.05, 4.69) is 9.97 Å².